The fraction of sp³-hybridized carbons (Fsp3) is 0. The summed E-state index contributed by atoms with van der Waals surface area (Å²) >= 11 is 8.84. The normalized spacial score (nSPS) is 11.8. The Kier molecular flexibility index (Phi) is 5.77. The maximum Gasteiger partial charge on any atom is 0.261 e. The van der Waals surface area contributed by atoms with Crippen LogP contribution >= 0.6 is 34.3 Å². The molecular weight excluding hydrogens is 446 g/mol. The van der Waals surface area contributed by atoms with Crippen molar-refractivity contribution in [3.63, 3.8) is 0 Å². The third kappa shape index (κ3) is 4.73. The first kappa shape index (κ1) is 19.8. The Balaban J connectivity index is 1.61. The van der Waals surface area contributed by atoms with Crippen molar-refractivity contribution in [3.8, 4) is 11.3 Å². The van der Waals surface area contributed by atoms with Gasteiger partial charge in [-0.15, -0.1) is 22.7 Å². The van der Waals surface area contributed by atoms with Gasteiger partial charge in [0.15, 0.2) is 0 Å². The molecule has 9 heteroatoms. The average Bonchev–Trinajstić information content (AvgIpc) is 3.39. The number of thiophene rings is 1. The minimum Gasteiger partial charge on any atom is -0.279 e. The van der Waals surface area contributed by atoms with Crippen LogP contribution in [0.2, 0.25) is 5.02 Å². The van der Waals surface area contributed by atoms with Crippen molar-refractivity contribution < 1.29 is 8.42 Å². The molecule has 0 saturated carbocycles. The highest BCUT2D eigenvalue weighted by Crippen LogP contribution is 2.33. The number of sulfonamides is 1. The summed E-state index contributed by atoms with van der Waals surface area (Å²) in [5.74, 6) is 0. The third-order valence-corrected chi connectivity index (χ3v) is 7.10. The molecule has 0 bridgehead atoms. The van der Waals surface area contributed by atoms with Gasteiger partial charge in [-0.1, -0.05) is 35.9 Å². The number of rotatable bonds is 6. The van der Waals surface area contributed by atoms with Gasteiger partial charge in [0, 0.05) is 27.1 Å². The molecule has 146 valence electrons. The highest BCUT2D eigenvalue weighted by molar-refractivity contribution is 7.92. The molecule has 0 fully saturated rings. The number of halogens is 1. The summed E-state index contributed by atoms with van der Waals surface area (Å²) in [5.41, 5.74) is 1.78. The van der Waals surface area contributed by atoms with Crippen LogP contribution in [0.1, 0.15) is 4.88 Å². The minimum absolute atomic E-state index is 0.135. The van der Waals surface area contributed by atoms with Gasteiger partial charge in [0.25, 0.3) is 10.0 Å². The minimum atomic E-state index is -3.75. The van der Waals surface area contributed by atoms with Crippen LogP contribution in [0, 0.1) is 0 Å². The van der Waals surface area contributed by atoms with Crippen LogP contribution in [0.25, 0.3) is 11.3 Å². The molecule has 2 heterocycles. The predicted molar refractivity (Wildman–Crippen MR) is 121 cm³/mol. The Labute approximate surface area is 181 Å². The SMILES string of the molecule is O=S(=O)(Nc1ccccc1-c1csc(/N=C/c2cccs2)n1)c1ccc(Cl)cc1. The lowest BCUT2D eigenvalue weighted by Crippen LogP contribution is -2.13. The average molecular weight is 460 g/mol. The first-order chi connectivity index (χ1) is 14.0. The molecule has 5 nitrogen and oxygen atoms in total. The molecule has 0 aliphatic heterocycles. The van der Waals surface area contributed by atoms with Gasteiger partial charge >= 0.3 is 0 Å². The first-order valence-electron chi connectivity index (χ1n) is 8.42. The van der Waals surface area contributed by atoms with Gasteiger partial charge in [-0.2, -0.15) is 0 Å². The Morgan fingerprint density at radius 2 is 1.79 bits per heavy atom. The number of thiazole rings is 1. The second kappa shape index (κ2) is 8.46. The van der Waals surface area contributed by atoms with Crippen LogP contribution in [0.3, 0.4) is 0 Å². The van der Waals surface area contributed by atoms with Crippen LogP contribution < -0.4 is 4.72 Å². The second-order valence-electron chi connectivity index (χ2n) is 5.89. The number of aliphatic imine (C=N–C) groups is 1. The van der Waals surface area contributed by atoms with E-state index in [1.807, 2.05) is 35.0 Å². The van der Waals surface area contributed by atoms with Crippen molar-refractivity contribution in [2.75, 3.05) is 4.72 Å². The van der Waals surface area contributed by atoms with Crippen LogP contribution in [0.15, 0.2) is 81.3 Å². The second-order valence-corrected chi connectivity index (χ2v) is 9.83. The number of para-hydroxylation sites is 1. The lowest BCUT2D eigenvalue weighted by atomic mass is 10.1. The lowest BCUT2D eigenvalue weighted by Gasteiger charge is -2.11. The molecule has 4 rings (SSSR count). The third-order valence-electron chi connectivity index (χ3n) is 3.91. The molecule has 4 aromatic rings. The van der Waals surface area contributed by atoms with E-state index in [4.69, 9.17) is 11.6 Å². The molecule has 0 atom stereocenters. The molecule has 0 unspecified atom stereocenters. The molecule has 0 aliphatic rings. The van der Waals surface area contributed by atoms with E-state index in [0.29, 0.717) is 27.1 Å². The maximum absolute atomic E-state index is 12.7. The monoisotopic (exact) mass is 459 g/mol. The van der Waals surface area contributed by atoms with Crippen LogP contribution in [-0.2, 0) is 10.0 Å². The van der Waals surface area contributed by atoms with Gasteiger partial charge in [-0.25, -0.2) is 18.4 Å². The van der Waals surface area contributed by atoms with Crippen molar-refractivity contribution in [1.29, 1.82) is 0 Å². The van der Waals surface area contributed by atoms with E-state index in [-0.39, 0.29) is 4.90 Å². The van der Waals surface area contributed by atoms with Crippen molar-refractivity contribution in [2.45, 2.75) is 4.90 Å². The fourth-order valence-electron chi connectivity index (χ4n) is 2.54. The molecule has 1 N–H and O–H groups in total. The zero-order valence-corrected chi connectivity index (χ0v) is 18.0. The summed E-state index contributed by atoms with van der Waals surface area (Å²) in [6.07, 6.45) is 1.77. The van der Waals surface area contributed by atoms with Crippen molar-refractivity contribution >= 4 is 61.3 Å². The molecule has 2 aromatic heterocycles. The number of nitrogens with zero attached hydrogens (tertiary/aromatic N) is 2. The van der Waals surface area contributed by atoms with Crippen molar-refractivity contribution in [1.82, 2.24) is 4.98 Å². The van der Waals surface area contributed by atoms with Gasteiger partial charge in [-0.3, -0.25) is 4.72 Å². The molecule has 0 spiro atoms. The van der Waals surface area contributed by atoms with E-state index in [1.165, 1.54) is 23.5 Å². The molecule has 2 aromatic carbocycles. The highest BCUT2D eigenvalue weighted by atomic mass is 35.5. The zero-order valence-electron chi connectivity index (χ0n) is 14.8. The molecule has 0 radical (unpaired) electrons. The van der Waals surface area contributed by atoms with Gasteiger partial charge in [0.05, 0.1) is 16.3 Å². The van der Waals surface area contributed by atoms with Gasteiger partial charge < -0.3 is 0 Å². The summed E-state index contributed by atoms with van der Waals surface area (Å²) in [6.45, 7) is 0. The van der Waals surface area contributed by atoms with Crippen molar-refractivity contribution in [2.24, 2.45) is 4.99 Å². The number of benzene rings is 2. The highest BCUT2D eigenvalue weighted by Gasteiger charge is 2.17. The fourth-order valence-corrected chi connectivity index (χ4v) is 5.00. The maximum atomic E-state index is 12.7. The van der Waals surface area contributed by atoms with Crippen molar-refractivity contribution in [3.05, 3.63) is 81.3 Å². The molecule has 29 heavy (non-hydrogen) atoms. The Hall–Kier alpha value is -2.52. The topological polar surface area (TPSA) is 71.4 Å². The van der Waals surface area contributed by atoms with Crippen LogP contribution in [0.4, 0.5) is 10.8 Å². The predicted octanol–water partition coefficient (Wildman–Crippen LogP) is 6.08. The largest absolute Gasteiger partial charge is 0.279 e. The van der Waals surface area contributed by atoms with E-state index in [9.17, 15) is 8.42 Å². The Morgan fingerprint density at radius 3 is 2.55 bits per heavy atom. The van der Waals surface area contributed by atoms with E-state index < -0.39 is 10.0 Å². The molecule has 0 aliphatic carbocycles. The summed E-state index contributed by atoms with van der Waals surface area (Å²) in [6, 6.07) is 17.1. The number of hydrogen-bond donors (Lipinski definition) is 1. The summed E-state index contributed by atoms with van der Waals surface area (Å²) in [5, 5.41) is 4.92. The van der Waals surface area contributed by atoms with Crippen LogP contribution in [0.5, 0.6) is 0 Å². The molecule has 0 amide bonds. The summed E-state index contributed by atoms with van der Waals surface area (Å²) in [4.78, 5) is 10.1. The van der Waals surface area contributed by atoms with Gasteiger partial charge in [-0.05, 0) is 41.8 Å². The zero-order chi connectivity index (χ0) is 20.3. The Morgan fingerprint density at radius 1 is 1.00 bits per heavy atom. The summed E-state index contributed by atoms with van der Waals surface area (Å²) in [7, 11) is -3.75. The number of anilines is 1. The quantitative estimate of drug-likeness (QED) is 0.355. The van der Waals surface area contributed by atoms with E-state index in [1.54, 1.807) is 41.8 Å². The summed E-state index contributed by atoms with van der Waals surface area (Å²) < 4.78 is 28.1. The molecular formula is C20H14ClN3O2S3. The first-order valence-corrected chi connectivity index (χ1v) is 12.0. The standard InChI is InChI=1S/C20H14ClN3O2S3/c21-14-7-9-16(10-8-14)29(25,26)24-18-6-2-1-5-17(18)19-13-28-20(23-19)22-12-15-4-3-11-27-15/h1-13,24H/b22-12+. The Bertz CT molecular complexity index is 1250. The number of nitrogens with one attached hydrogen (secondary N) is 1. The van der Waals surface area contributed by atoms with E-state index in [0.717, 1.165) is 4.88 Å². The van der Waals surface area contributed by atoms with Gasteiger partial charge in [0.2, 0.25) is 5.13 Å². The number of hydrogen-bond acceptors (Lipinski definition) is 6. The van der Waals surface area contributed by atoms with E-state index in [2.05, 4.69) is 14.7 Å². The van der Waals surface area contributed by atoms with Gasteiger partial charge in [0.1, 0.15) is 0 Å². The molecule has 0 saturated heterocycles. The van der Waals surface area contributed by atoms with Crippen LogP contribution in [-0.4, -0.2) is 19.6 Å². The smallest absolute Gasteiger partial charge is 0.261 e. The lowest BCUT2D eigenvalue weighted by molar-refractivity contribution is 0.601. The number of aromatic nitrogens is 1. The van der Waals surface area contributed by atoms with E-state index >= 15 is 0 Å².